The fraction of sp³-hybridized carbons (Fsp3) is 0. The van der Waals surface area contributed by atoms with Gasteiger partial charge in [0.05, 0.1) is 11.4 Å². The van der Waals surface area contributed by atoms with E-state index in [1.807, 2.05) is 24.3 Å². The average Bonchev–Trinajstić information content (AvgIpc) is 3.76. The third-order valence-electron chi connectivity index (χ3n) is 9.19. The number of thiophene rings is 2. The van der Waals surface area contributed by atoms with Gasteiger partial charge in [-0.3, -0.25) is 0 Å². The van der Waals surface area contributed by atoms with E-state index in [0.29, 0.717) is 0 Å². The monoisotopic (exact) mass is 674 g/mol. The van der Waals surface area contributed by atoms with Gasteiger partial charge in [-0.25, -0.2) is 19.9 Å². The number of aromatic nitrogens is 4. The summed E-state index contributed by atoms with van der Waals surface area (Å²) in [6.07, 6.45) is 0. The van der Waals surface area contributed by atoms with E-state index in [0.717, 1.165) is 76.9 Å². The summed E-state index contributed by atoms with van der Waals surface area (Å²) in [6.45, 7) is 0. The first-order valence-electron chi connectivity index (χ1n) is 16.5. The van der Waals surface area contributed by atoms with E-state index in [9.17, 15) is 0 Å². The predicted octanol–water partition coefficient (Wildman–Crippen LogP) is 12.3. The van der Waals surface area contributed by atoms with Gasteiger partial charge in [0.1, 0.15) is 9.66 Å². The molecule has 0 atom stereocenters. The molecule has 4 aromatic heterocycles. The molecule has 0 aliphatic rings. The van der Waals surface area contributed by atoms with E-state index in [1.165, 1.54) is 20.2 Å². The lowest BCUT2D eigenvalue weighted by Crippen LogP contribution is -1.94. The minimum absolute atomic E-state index is 0.731. The van der Waals surface area contributed by atoms with Crippen molar-refractivity contribution in [3.05, 3.63) is 158 Å². The Bertz CT molecular complexity index is 2840. The SMILES string of the molecule is c1ccc(-c2nc(-c3ccc(-c4ccc(-c5nc(-c6ccccc6)c6c(n5)sc5ccccc56)cc4)cc3)c3c(n2)sc2ccccc23)cc1. The van der Waals surface area contributed by atoms with Crippen LogP contribution in [0.5, 0.6) is 0 Å². The maximum Gasteiger partial charge on any atom is 0.161 e. The van der Waals surface area contributed by atoms with Crippen LogP contribution in [0.15, 0.2) is 158 Å². The number of rotatable bonds is 5. The smallest absolute Gasteiger partial charge is 0.161 e. The van der Waals surface area contributed by atoms with Crippen molar-refractivity contribution < 1.29 is 0 Å². The Hall–Kier alpha value is -6.08. The van der Waals surface area contributed by atoms with Crippen molar-refractivity contribution >= 4 is 63.3 Å². The zero-order valence-corrected chi connectivity index (χ0v) is 28.2. The van der Waals surface area contributed by atoms with Gasteiger partial charge in [0.15, 0.2) is 11.6 Å². The van der Waals surface area contributed by atoms with Crippen LogP contribution >= 0.6 is 22.7 Å². The molecule has 0 radical (unpaired) electrons. The second-order valence-corrected chi connectivity index (χ2v) is 14.3. The molecule has 0 N–H and O–H groups in total. The Balaban J connectivity index is 1.03. The fourth-order valence-corrected chi connectivity index (χ4v) is 8.89. The van der Waals surface area contributed by atoms with Crippen LogP contribution in [-0.4, -0.2) is 19.9 Å². The number of benzene rings is 6. The molecule has 0 fully saturated rings. The van der Waals surface area contributed by atoms with Crippen molar-refractivity contribution in [1.29, 1.82) is 0 Å². The van der Waals surface area contributed by atoms with E-state index in [1.54, 1.807) is 22.7 Å². The van der Waals surface area contributed by atoms with Gasteiger partial charge in [0.2, 0.25) is 0 Å². The van der Waals surface area contributed by atoms with Crippen LogP contribution in [0.25, 0.3) is 97.0 Å². The Morgan fingerprint density at radius 1 is 0.300 bits per heavy atom. The summed E-state index contributed by atoms with van der Waals surface area (Å²) in [7, 11) is 0. The van der Waals surface area contributed by atoms with Crippen LogP contribution in [0.3, 0.4) is 0 Å². The van der Waals surface area contributed by atoms with Crippen LogP contribution in [0.2, 0.25) is 0 Å². The van der Waals surface area contributed by atoms with Gasteiger partial charge in [-0.05, 0) is 23.3 Å². The van der Waals surface area contributed by atoms with Crippen molar-refractivity contribution in [2.75, 3.05) is 0 Å². The van der Waals surface area contributed by atoms with E-state index >= 15 is 0 Å². The summed E-state index contributed by atoms with van der Waals surface area (Å²) in [4.78, 5) is 22.4. The highest BCUT2D eigenvalue weighted by Crippen LogP contribution is 2.41. The molecular weight excluding hydrogens is 649 g/mol. The van der Waals surface area contributed by atoms with Crippen LogP contribution in [0.1, 0.15) is 0 Å². The van der Waals surface area contributed by atoms with Gasteiger partial charge in [0.25, 0.3) is 0 Å². The molecule has 0 saturated carbocycles. The zero-order chi connectivity index (χ0) is 33.0. The molecule has 6 heteroatoms. The standard InChI is InChI=1S/C44H26N4S2/c1-3-11-29(12-4-1)39-37-33-15-7-9-17-35(33)49-43(37)48-42(45-39)32-25-21-28(22-26-32)27-19-23-30(24-20-27)40-38-34-16-8-10-18-36(34)50-44(38)47-41(46-40)31-13-5-2-6-14-31/h1-26H. The minimum Gasteiger partial charge on any atom is -0.227 e. The quantitative estimate of drug-likeness (QED) is 0.182. The number of fused-ring (bicyclic) bond motifs is 6. The van der Waals surface area contributed by atoms with Gasteiger partial charge >= 0.3 is 0 Å². The summed E-state index contributed by atoms with van der Waals surface area (Å²) in [6, 6.07) is 54.9. The molecule has 6 aromatic carbocycles. The van der Waals surface area contributed by atoms with Crippen molar-refractivity contribution in [2.45, 2.75) is 0 Å². The lowest BCUT2D eigenvalue weighted by Gasteiger charge is -2.10. The van der Waals surface area contributed by atoms with Crippen LogP contribution in [-0.2, 0) is 0 Å². The summed E-state index contributed by atoms with van der Waals surface area (Å²) in [5.74, 6) is 1.47. The zero-order valence-electron chi connectivity index (χ0n) is 26.6. The first-order chi connectivity index (χ1) is 24.8. The number of hydrogen-bond donors (Lipinski definition) is 0. The van der Waals surface area contributed by atoms with Crippen molar-refractivity contribution in [1.82, 2.24) is 19.9 Å². The first-order valence-corrected chi connectivity index (χ1v) is 18.1. The maximum atomic E-state index is 5.17. The Kier molecular flexibility index (Phi) is 6.82. The van der Waals surface area contributed by atoms with Crippen LogP contribution < -0.4 is 0 Å². The normalized spacial score (nSPS) is 11.6. The van der Waals surface area contributed by atoms with Crippen molar-refractivity contribution in [3.63, 3.8) is 0 Å². The van der Waals surface area contributed by atoms with E-state index in [2.05, 4.69) is 133 Å². The van der Waals surface area contributed by atoms with Crippen molar-refractivity contribution in [3.8, 4) is 56.4 Å². The molecule has 0 unspecified atom stereocenters. The van der Waals surface area contributed by atoms with E-state index in [4.69, 9.17) is 19.9 Å². The van der Waals surface area contributed by atoms with Gasteiger partial charge in [0, 0.05) is 53.2 Å². The largest absolute Gasteiger partial charge is 0.227 e. The van der Waals surface area contributed by atoms with E-state index in [-0.39, 0.29) is 0 Å². The molecule has 50 heavy (non-hydrogen) atoms. The van der Waals surface area contributed by atoms with Crippen LogP contribution in [0.4, 0.5) is 0 Å². The van der Waals surface area contributed by atoms with Gasteiger partial charge in [-0.15, -0.1) is 22.7 Å². The fourth-order valence-electron chi connectivity index (χ4n) is 6.74. The summed E-state index contributed by atoms with van der Waals surface area (Å²) in [5, 5.41) is 4.61. The van der Waals surface area contributed by atoms with Gasteiger partial charge in [-0.2, -0.15) is 0 Å². The van der Waals surface area contributed by atoms with Gasteiger partial charge < -0.3 is 0 Å². The second-order valence-electron chi connectivity index (χ2n) is 12.2. The van der Waals surface area contributed by atoms with Crippen molar-refractivity contribution in [2.24, 2.45) is 0 Å². The molecule has 0 aliphatic heterocycles. The van der Waals surface area contributed by atoms with E-state index < -0.39 is 0 Å². The summed E-state index contributed by atoms with van der Waals surface area (Å²) in [5.41, 5.74) is 8.34. The number of nitrogens with zero attached hydrogens (tertiary/aromatic N) is 4. The molecule has 0 bridgehead atoms. The lowest BCUT2D eigenvalue weighted by molar-refractivity contribution is 1.24. The molecule has 4 nitrogen and oxygen atoms in total. The molecule has 234 valence electrons. The Morgan fingerprint density at radius 3 is 1.16 bits per heavy atom. The maximum absolute atomic E-state index is 5.17. The Labute approximate surface area is 296 Å². The number of hydrogen-bond acceptors (Lipinski definition) is 6. The highest BCUT2D eigenvalue weighted by atomic mass is 32.1. The van der Waals surface area contributed by atoms with Crippen LogP contribution in [0, 0.1) is 0 Å². The molecular formula is C44H26N4S2. The predicted molar refractivity (Wildman–Crippen MR) is 211 cm³/mol. The minimum atomic E-state index is 0.731. The topological polar surface area (TPSA) is 51.6 Å². The molecule has 0 amide bonds. The molecule has 0 aliphatic carbocycles. The third-order valence-corrected chi connectivity index (χ3v) is 11.3. The molecule has 0 spiro atoms. The van der Waals surface area contributed by atoms with Gasteiger partial charge in [-0.1, -0.05) is 146 Å². The Morgan fingerprint density at radius 2 is 0.660 bits per heavy atom. The summed E-state index contributed by atoms with van der Waals surface area (Å²) < 4.78 is 2.43. The average molecular weight is 675 g/mol. The highest BCUT2D eigenvalue weighted by Gasteiger charge is 2.18. The molecule has 4 heterocycles. The molecule has 10 aromatic rings. The first kappa shape index (κ1) is 28.9. The highest BCUT2D eigenvalue weighted by molar-refractivity contribution is 7.26. The lowest BCUT2D eigenvalue weighted by atomic mass is 9.99. The molecule has 10 rings (SSSR count). The summed E-state index contributed by atoms with van der Waals surface area (Å²) >= 11 is 3.44. The second kappa shape index (κ2) is 11.8. The molecule has 0 saturated heterocycles. The third kappa shape index (κ3) is 4.88.